The van der Waals surface area contributed by atoms with Gasteiger partial charge in [0.15, 0.2) is 0 Å². The van der Waals surface area contributed by atoms with Crippen LogP contribution in [0.2, 0.25) is 0 Å². The molecule has 1 N–H and O–H groups in total. The second-order valence-corrected chi connectivity index (χ2v) is 6.28. The number of methoxy groups -OCH3 is 1. The van der Waals surface area contributed by atoms with E-state index < -0.39 is 5.91 Å². The summed E-state index contributed by atoms with van der Waals surface area (Å²) < 4.78 is 23.5. The molecular weight excluding hydrogens is 379 g/mol. The van der Waals surface area contributed by atoms with Crippen molar-refractivity contribution < 1.29 is 23.5 Å². The number of amides is 2. The van der Waals surface area contributed by atoms with E-state index in [1.165, 1.54) is 17.1 Å². The first-order chi connectivity index (χ1) is 14.1. The average Bonchev–Trinajstić information content (AvgIpc) is 2.72. The molecule has 0 bridgehead atoms. The maximum absolute atomic E-state index is 13.1. The van der Waals surface area contributed by atoms with E-state index in [2.05, 4.69) is 15.4 Å². The van der Waals surface area contributed by atoms with Crippen LogP contribution in [0.4, 0.5) is 10.1 Å². The number of ether oxygens (including phenoxy) is 2. The van der Waals surface area contributed by atoms with Gasteiger partial charge in [-0.1, -0.05) is 12.1 Å². The molecule has 1 aliphatic rings. The summed E-state index contributed by atoms with van der Waals surface area (Å²) in [4.78, 5) is 28.9. The normalized spacial score (nSPS) is 13.8. The van der Waals surface area contributed by atoms with Crippen LogP contribution < -0.4 is 10.1 Å². The molecule has 0 aliphatic carbocycles. The van der Waals surface area contributed by atoms with Crippen LogP contribution in [-0.4, -0.2) is 47.8 Å². The van der Waals surface area contributed by atoms with E-state index in [9.17, 15) is 14.0 Å². The third-order valence-electron chi connectivity index (χ3n) is 4.16. The zero-order valence-electron chi connectivity index (χ0n) is 15.9. The zero-order valence-corrected chi connectivity index (χ0v) is 15.9. The van der Waals surface area contributed by atoms with Crippen LogP contribution in [-0.2, 0) is 20.9 Å². The third-order valence-corrected chi connectivity index (χ3v) is 4.16. The molecule has 152 valence electrons. The molecule has 2 amide bonds. The molecule has 2 aromatic rings. The molecule has 0 fully saturated rings. The van der Waals surface area contributed by atoms with Crippen molar-refractivity contribution in [2.45, 2.75) is 19.4 Å². The summed E-state index contributed by atoms with van der Waals surface area (Å²) in [6.07, 6.45) is 1.95. The number of halogens is 1. The minimum atomic E-state index is -0.439. The highest BCUT2D eigenvalue weighted by molar-refractivity contribution is 6.43. The minimum absolute atomic E-state index is 0.161. The minimum Gasteiger partial charge on any atom is -0.474 e. The molecule has 0 spiro atoms. The number of carbonyl (C=O) groups is 2. The number of nitrogens with zero attached hydrogens (tertiary/aromatic N) is 3. The van der Waals surface area contributed by atoms with Gasteiger partial charge in [-0.05, 0) is 29.8 Å². The maximum atomic E-state index is 13.1. The van der Waals surface area contributed by atoms with Crippen molar-refractivity contribution in [1.82, 2.24) is 9.99 Å². The third kappa shape index (κ3) is 5.58. The van der Waals surface area contributed by atoms with Crippen LogP contribution in [0.1, 0.15) is 18.4 Å². The van der Waals surface area contributed by atoms with Crippen molar-refractivity contribution >= 4 is 23.2 Å². The molecule has 8 nitrogen and oxygen atoms in total. The molecule has 1 aliphatic heterocycles. The second kappa shape index (κ2) is 9.74. The van der Waals surface area contributed by atoms with Gasteiger partial charge in [-0.2, -0.15) is 5.10 Å². The molecule has 3 rings (SSSR count). The highest BCUT2D eigenvalue weighted by Gasteiger charge is 2.25. The van der Waals surface area contributed by atoms with Crippen LogP contribution in [0.15, 0.2) is 47.7 Å². The summed E-state index contributed by atoms with van der Waals surface area (Å²) in [5, 5.41) is 8.15. The van der Waals surface area contributed by atoms with E-state index in [0.717, 1.165) is 0 Å². The number of rotatable bonds is 8. The molecule has 0 atom stereocenters. The Kier molecular flexibility index (Phi) is 6.85. The summed E-state index contributed by atoms with van der Waals surface area (Å²) >= 11 is 0. The second-order valence-electron chi connectivity index (χ2n) is 6.28. The molecule has 0 radical (unpaired) electrons. The lowest BCUT2D eigenvalue weighted by Gasteiger charge is -2.23. The quantitative estimate of drug-likeness (QED) is 0.687. The van der Waals surface area contributed by atoms with Gasteiger partial charge in [0.05, 0.1) is 13.2 Å². The lowest BCUT2D eigenvalue weighted by atomic mass is 10.1. The first kappa shape index (κ1) is 20.4. The van der Waals surface area contributed by atoms with E-state index in [1.807, 2.05) is 0 Å². The molecule has 29 heavy (non-hydrogen) atoms. The van der Waals surface area contributed by atoms with E-state index in [-0.39, 0.29) is 49.3 Å². The number of nitrogens with one attached hydrogen (secondary N) is 1. The Morgan fingerprint density at radius 3 is 2.76 bits per heavy atom. The summed E-state index contributed by atoms with van der Waals surface area (Å²) in [5.41, 5.74) is 1.34. The summed E-state index contributed by atoms with van der Waals surface area (Å²) in [6, 6.07) is 9.12. The largest absolute Gasteiger partial charge is 0.474 e. The fraction of sp³-hybridized carbons (Fsp3) is 0.300. The lowest BCUT2D eigenvalue weighted by molar-refractivity contribution is -0.132. The Morgan fingerprint density at radius 1 is 1.21 bits per heavy atom. The first-order valence-electron chi connectivity index (χ1n) is 9.07. The van der Waals surface area contributed by atoms with Gasteiger partial charge in [-0.25, -0.2) is 14.4 Å². The van der Waals surface area contributed by atoms with E-state index >= 15 is 0 Å². The van der Waals surface area contributed by atoms with Crippen LogP contribution >= 0.6 is 0 Å². The molecule has 0 unspecified atom stereocenters. The highest BCUT2D eigenvalue weighted by atomic mass is 19.1. The Labute approximate surface area is 167 Å². The van der Waals surface area contributed by atoms with Gasteiger partial charge >= 0.3 is 0 Å². The van der Waals surface area contributed by atoms with Crippen molar-refractivity contribution in [3.05, 3.63) is 54.0 Å². The maximum Gasteiger partial charge on any atom is 0.272 e. The van der Waals surface area contributed by atoms with Crippen LogP contribution in [0.3, 0.4) is 0 Å². The number of hydrazone groups is 1. The highest BCUT2D eigenvalue weighted by Crippen LogP contribution is 2.21. The van der Waals surface area contributed by atoms with Crippen molar-refractivity contribution in [2.75, 3.05) is 25.6 Å². The summed E-state index contributed by atoms with van der Waals surface area (Å²) in [7, 11) is 1.56. The smallest absolute Gasteiger partial charge is 0.272 e. The van der Waals surface area contributed by atoms with Crippen LogP contribution in [0, 0.1) is 5.82 Å². The van der Waals surface area contributed by atoms with Crippen LogP contribution in [0.25, 0.3) is 0 Å². The molecule has 9 heteroatoms. The SMILES string of the molecule is COCCOc1ncccc1NC(=O)C1=NN(Cc2ccc(F)cc2)C(=O)CC1. The number of hydrogen-bond acceptors (Lipinski definition) is 6. The predicted octanol–water partition coefficient (Wildman–Crippen LogP) is 2.36. The number of pyridine rings is 1. The number of hydrogen-bond donors (Lipinski definition) is 1. The Morgan fingerprint density at radius 2 is 2.00 bits per heavy atom. The summed E-state index contributed by atoms with van der Waals surface area (Å²) in [5.74, 6) is -0.724. The molecule has 1 aromatic heterocycles. The number of carbonyl (C=O) groups excluding carboxylic acids is 2. The van der Waals surface area contributed by atoms with Gasteiger partial charge in [0, 0.05) is 26.1 Å². The first-order valence-corrected chi connectivity index (χ1v) is 9.07. The number of aromatic nitrogens is 1. The fourth-order valence-corrected chi connectivity index (χ4v) is 2.67. The standard InChI is InChI=1S/C20H21FN4O4/c1-28-11-12-29-20-17(3-2-10-22-20)23-19(27)16-8-9-18(26)25(24-16)13-14-4-6-15(21)7-5-14/h2-7,10H,8-9,11-13H2,1H3,(H,23,27). The van der Waals surface area contributed by atoms with Gasteiger partial charge in [0.1, 0.15) is 23.8 Å². The predicted molar refractivity (Wildman–Crippen MR) is 104 cm³/mol. The van der Waals surface area contributed by atoms with Crippen molar-refractivity contribution in [3.63, 3.8) is 0 Å². The van der Waals surface area contributed by atoms with Crippen LogP contribution in [0.5, 0.6) is 5.88 Å². The van der Waals surface area contributed by atoms with Gasteiger partial charge < -0.3 is 14.8 Å². The van der Waals surface area contributed by atoms with Gasteiger partial charge in [0.2, 0.25) is 11.8 Å². The molecular formula is C20H21FN4O4. The fourth-order valence-electron chi connectivity index (χ4n) is 2.67. The van der Waals surface area contributed by atoms with Gasteiger partial charge in [-0.3, -0.25) is 9.59 Å². The Bertz CT molecular complexity index is 902. The molecule has 0 saturated carbocycles. The molecule has 2 heterocycles. The van der Waals surface area contributed by atoms with E-state index in [1.54, 1.807) is 37.6 Å². The number of benzene rings is 1. The number of anilines is 1. The molecule has 0 saturated heterocycles. The van der Waals surface area contributed by atoms with Gasteiger partial charge in [0.25, 0.3) is 5.91 Å². The average molecular weight is 400 g/mol. The molecule has 1 aromatic carbocycles. The Balaban J connectivity index is 1.70. The monoisotopic (exact) mass is 400 g/mol. The van der Waals surface area contributed by atoms with E-state index in [4.69, 9.17) is 9.47 Å². The lowest BCUT2D eigenvalue weighted by Crippen LogP contribution is -2.36. The summed E-state index contributed by atoms with van der Waals surface area (Å²) in [6.45, 7) is 0.836. The Hall–Kier alpha value is -3.33. The van der Waals surface area contributed by atoms with Crippen molar-refractivity contribution in [2.24, 2.45) is 5.10 Å². The topological polar surface area (TPSA) is 93.1 Å². The zero-order chi connectivity index (χ0) is 20.6. The van der Waals surface area contributed by atoms with E-state index in [0.29, 0.717) is 17.9 Å². The van der Waals surface area contributed by atoms with Crippen molar-refractivity contribution in [1.29, 1.82) is 0 Å². The van der Waals surface area contributed by atoms with Crippen molar-refractivity contribution in [3.8, 4) is 5.88 Å². The van der Waals surface area contributed by atoms with Gasteiger partial charge in [-0.15, -0.1) is 0 Å².